The molecule has 5 aromatic rings. The first-order valence-corrected chi connectivity index (χ1v) is 13.2. The highest BCUT2D eigenvalue weighted by Gasteiger charge is 2.25. The van der Waals surface area contributed by atoms with Gasteiger partial charge < -0.3 is 5.32 Å². The number of aromatic nitrogens is 3. The summed E-state index contributed by atoms with van der Waals surface area (Å²) in [6.07, 6.45) is 4.07. The quantitative estimate of drug-likeness (QED) is 0.308. The van der Waals surface area contributed by atoms with Crippen LogP contribution in [0.3, 0.4) is 0 Å². The molecule has 172 valence electrons. The zero-order valence-corrected chi connectivity index (χ0v) is 20.7. The van der Waals surface area contributed by atoms with Gasteiger partial charge in [0.1, 0.15) is 11.1 Å². The average Bonchev–Trinajstić information content (AvgIpc) is 3.61. The molecule has 0 saturated carbocycles. The molecule has 1 aromatic carbocycles. The summed E-state index contributed by atoms with van der Waals surface area (Å²) in [5.74, 6) is -0.249. The first kappa shape index (κ1) is 21.7. The van der Waals surface area contributed by atoms with Crippen LogP contribution in [-0.4, -0.2) is 20.7 Å². The number of aryl methyl sites for hydroxylation is 2. The highest BCUT2D eigenvalue weighted by molar-refractivity contribution is 7.16. The van der Waals surface area contributed by atoms with Crippen LogP contribution in [0.1, 0.15) is 44.9 Å². The molecule has 1 aliphatic rings. The number of para-hydroxylation sites is 1. The average molecular weight is 496 g/mol. The van der Waals surface area contributed by atoms with E-state index in [-0.39, 0.29) is 5.91 Å². The van der Waals surface area contributed by atoms with Crippen LogP contribution >= 0.6 is 22.7 Å². The number of carbonyl (C=O) groups is 1. The van der Waals surface area contributed by atoms with Crippen LogP contribution in [0.4, 0.5) is 5.00 Å². The molecule has 6 nitrogen and oxygen atoms in total. The van der Waals surface area contributed by atoms with Crippen molar-refractivity contribution in [2.75, 3.05) is 5.32 Å². The number of thiophene rings is 2. The van der Waals surface area contributed by atoms with Crippen molar-refractivity contribution in [3.05, 3.63) is 81.2 Å². The van der Waals surface area contributed by atoms with Gasteiger partial charge in [0.15, 0.2) is 5.65 Å². The number of amides is 1. The molecule has 4 heterocycles. The maximum Gasteiger partial charge on any atom is 0.257 e. The Kier molecular flexibility index (Phi) is 5.44. The summed E-state index contributed by atoms with van der Waals surface area (Å²) in [4.78, 5) is 20.9. The summed E-state index contributed by atoms with van der Waals surface area (Å²) in [5.41, 5.74) is 5.19. The van der Waals surface area contributed by atoms with Crippen molar-refractivity contribution in [1.29, 1.82) is 5.26 Å². The van der Waals surface area contributed by atoms with Crippen molar-refractivity contribution < 1.29 is 4.79 Å². The number of anilines is 1. The van der Waals surface area contributed by atoms with E-state index in [2.05, 4.69) is 11.4 Å². The molecule has 8 heteroatoms. The van der Waals surface area contributed by atoms with Gasteiger partial charge in [0.05, 0.1) is 38.5 Å². The van der Waals surface area contributed by atoms with Crippen LogP contribution in [-0.2, 0) is 12.8 Å². The molecule has 0 aliphatic heterocycles. The van der Waals surface area contributed by atoms with E-state index in [1.54, 1.807) is 16.0 Å². The van der Waals surface area contributed by atoms with Gasteiger partial charge >= 0.3 is 0 Å². The first-order chi connectivity index (χ1) is 17.1. The molecule has 0 bridgehead atoms. The molecule has 0 atom stereocenters. The largest absolute Gasteiger partial charge is 0.312 e. The van der Waals surface area contributed by atoms with Crippen LogP contribution in [0.2, 0.25) is 0 Å². The fourth-order valence-electron chi connectivity index (χ4n) is 4.71. The van der Waals surface area contributed by atoms with Crippen LogP contribution in [0, 0.1) is 18.3 Å². The van der Waals surface area contributed by atoms with E-state index in [9.17, 15) is 10.1 Å². The van der Waals surface area contributed by atoms with Gasteiger partial charge in [-0.05, 0) is 67.8 Å². The van der Waals surface area contributed by atoms with E-state index in [4.69, 9.17) is 10.1 Å². The lowest BCUT2D eigenvalue weighted by Crippen LogP contribution is -2.13. The molecule has 1 N–H and O–H groups in total. The second kappa shape index (κ2) is 8.77. The standard InChI is InChI=1S/C27H21N5OS2/c1-16-24-19(26(33)30-27-20(15-28)18-10-5-6-11-22(18)35-27)14-21(23-12-7-13-34-23)29-25(24)32(31-16)17-8-3-2-4-9-17/h2-4,7-9,12-14H,5-6,10-11H2,1H3,(H,30,33). The monoisotopic (exact) mass is 495 g/mol. The summed E-state index contributed by atoms with van der Waals surface area (Å²) in [6.45, 7) is 1.90. The lowest BCUT2D eigenvalue weighted by molar-refractivity contribution is 0.102. The minimum Gasteiger partial charge on any atom is -0.312 e. The number of carbonyl (C=O) groups excluding carboxylic acids is 1. The lowest BCUT2D eigenvalue weighted by Gasteiger charge is -2.10. The SMILES string of the molecule is Cc1nn(-c2ccccc2)c2nc(-c3cccs3)cc(C(=O)Nc3sc4c(c3C#N)CCCC4)c12. The third-order valence-electron chi connectivity index (χ3n) is 6.34. The number of rotatable bonds is 4. The highest BCUT2D eigenvalue weighted by atomic mass is 32.1. The molecule has 1 amide bonds. The van der Waals surface area contributed by atoms with Gasteiger partial charge in [-0.3, -0.25) is 4.79 Å². The number of nitrogens with one attached hydrogen (secondary N) is 1. The Balaban J connectivity index is 1.51. The Hall–Kier alpha value is -3.80. The van der Waals surface area contributed by atoms with E-state index in [0.29, 0.717) is 27.2 Å². The van der Waals surface area contributed by atoms with Gasteiger partial charge in [0.2, 0.25) is 0 Å². The zero-order chi connectivity index (χ0) is 23.9. The molecule has 35 heavy (non-hydrogen) atoms. The number of pyridine rings is 1. The Morgan fingerprint density at radius 1 is 1.14 bits per heavy atom. The van der Waals surface area contributed by atoms with Gasteiger partial charge in [0, 0.05) is 4.88 Å². The lowest BCUT2D eigenvalue weighted by atomic mass is 9.96. The number of nitriles is 1. The zero-order valence-electron chi connectivity index (χ0n) is 19.0. The topological polar surface area (TPSA) is 83.6 Å². The molecule has 0 radical (unpaired) electrons. The number of hydrogen-bond donors (Lipinski definition) is 1. The summed E-state index contributed by atoms with van der Waals surface area (Å²) >= 11 is 3.11. The van der Waals surface area contributed by atoms with Crippen molar-refractivity contribution >= 4 is 44.6 Å². The van der Waals surface area contributed by atoms with Crippen LogP contribution in [0.25, 0.3) is 27.3 Å². The smallest absolute Gasteiger partial charge is 0.257 e. The Morgan fingerprint density at radius 3 is 2.74 bits per heavy atom. The molecule has 0 saturated heterocycles. The normalized spacial score (nSPS) is 12.9. The molecule has 6 rings (SSSR count). The molecular weight excluding hydrogens is 474 g/mol. The maximum atomic E-state index is 13.8. The second-order valence-corrected chi connectivity index (χ2v) is 10.6. The Bertz CT molecular complexity index is 1610. The van der Waals surface area contributed by atoms with Crippen molar-refractivity contribution in [3.63, 3.8) is 0 Å². The Labute approximate surface area is 210 Å². The minimum atomic E-state index is -0.249. The third kappa shape index (κ3) is 3.73. The highest BCUT2D eigenvalue weighted by Crippen LogP contribution is 2.38. The predicted octanol–water partition coefficient (Wildman–Crippen LogP) is 6.52. The van der Waals surface area contributed by atoms with Crippen molar-refractivity contribution in [1.82, 2.24) is 14.8 Å². The number of hydrogen-bond acceptors (Lipinski definition) is 6. The van der Waals surface area contributed by atoms with Crippen molar-refractivity contribution in [3.8, 4) is 22.3 Å². The summed E-state index contributed by atoms with van der Waals surface area (Å²) in [5, 5.41) is 21.0. The Morgan fingerprint density at radius 2 is 1.97 bits per heavy atom. The van der Waals surface area contributed by atoms with E-state index < -0.39 is 0 Å². The molecule has 0 unspecified atom stereocenters. The van der Waals surface area contributed by atoms with Crippen LogP contribution in [0.5, 0.6) is 0 Å². The van der Waals surface area contributed by atoms with E-state index in [0.717, 1.165) is 53.2 Å². The van der Waals surface area contributed by atoms with Crippen LogP contribution < -0.4 is 5.32 Å². The van der Waals surface area contributed by atoms with E-state index in [1.165, 1.54) is 16.2 Å². The van der Waals surface area contributed by atoms with Crippen molar-refractivity contribution in [2.24, 2.45) is 0 Å². The van der Waals surface area contributed by atoms with Gasteiger partial charge in [-0.15, -0.1) is 22.7 Å². The molecule has 0 fully saturated rings. The first-order valence-electron chi connectivity index (χ1n) is 11.5. The van der Waals surface area contributed by atoms with E-state index >= 15 is 0 Å². The van der Waals surface area contributed by atoms with Gasteiger partial charge in [-0.25, -0.2) is 9.67 Å². The van der Waals surface area contributed by atoms with Gasteiger partial charge in [-0.1, -0.05) is 24.3 Å². The maximum absolute atomic E-state index is 13.8. The summed E-state index contributed by atoms with van der Waals surface area (Å²) in [7, 11) is 0. The number of fused-ring (bicyclic) bond motifs is 2. The predicted molar refractivity (Wildman–Crippen MR) is 141 cm³/mol. The minimum absolute atomic E-state index is 0.249. The molecule has 0 spiro atoms. The fraction of sp³-hybridized carbons (Fsp3) is 0.185. The molecule has 4 aromatic heterocycles. The summed E-state index contributed by atoms with van der Waals surface area (Å²) < 4.78 is 1.79. The number of nitrogens with zero attached hydrogens (tertiary/aromatic N) is 4. The van der Waals surface area contributed by atoms with Gasteiger partial charge in [0.25, 0.3) is 5.91 Å². The van der Waals surface area contributed by atoms with Crippen LogP contribution in [0.15, 0.2) is 53.9 Å². The third-order valence-corrected chi connectivity index (χ3v) is 8.44. The fourth-order valence-corrected chi connectivity index (χ4v) is 6.63. The van der Waals surface area contributed by atoms with E-state index in [1.807, 2.05) is 60.8 Å². The van der Waals surface area contributed by atoms with Crippen molar-refractivity contribution in [2.45, 2.75) is 32.6 Å². The molecular formula is C27H21N5OS2. The van der Waals surface area contributed by atoms with Gasteiger partial charge in [-0.2, -0.15) is 10.4 Å². The molecule has 1 aliphatic carbocycles. The summed E-state index contributed by atoms with van der Waals surface area (Å²) in [6, 6.07) is 18.0. The number of benzene rings is 1. The second-order valence-electron chi connectivity index (χ2n) is 8.54.